The molecule has 5 rings (SSSR count). The zero-order valence-electron chi connectivity index (χ0n) is 21.0. The summed E-state index contributed by atoms with van der Waals surface area (Å²) < 4.78 is 32.0. The highest BCUT2D eigenvalue weighted by molar-refractivity contribution is 7.89. The second kappa shape index (κ2) is 9.70. The molecule has 0 aliphatic rings. The lowest BCUT2D eigenvalue weighted by molar-refractivity contribution is 0.222. The minimum absolute atomic E-state index is 0.0887. The second-order valence-corrected chi connectivity index (χ2v) is 10.5. The molecule has 0 aliphatic heterocycles. The van der Waals surface area contributed by atoms with Crippen LogP contribution in [0, 0.1) is 18.3 Å². The van der Waals surface area contributed by atoms with Crippen molar-refractivity contribution in [3.63, 3.8) is 0 Å². The molecule has 0 saturated heterocycles. The van der Waals surface area contributed by atoms with Gasteiger partial charge >= 0.3 is 0 Å². The third kappa shape index (κ3) is 4.85. The van der Waals surface area contributed by atoms with Crippen molar-refractivity contribution in [3.8, 4) is 34.2 Å². The minimum atomic E-state index is -3.97. The summed E-state index contributed by atoms with van der Waals surface area (Å²) in [6.45, 7) is 3.76. The number of aryl methyl sites for hydroxylation is 2. The van der Waals surface area contributed by atoms with Crippen molar-refractivity contribution in [2.24, 2.45) is 12.2 Å². The first-order valence-corrected chi connectivity index (χ1v) is 13.3. The van der Waals surface area contributed by atoms with Crippen LogP contribution in [0.5, 0.6) is 5.75 Å². The molecular formula is C28H24N6O3S. The Balaban J connectivity index is 1.59. The van der Waals surface area contributed by atoms with Crippen molar-refractivity contribution in [2.45, 2.75) is 24.8 Å². The number of para-hydroxylation sites is 1. The monoisotopic (exact) mass is 524 g/mol. The molecule has 10 heteroatoms. The topological polar surface area (TPSA) is 137 Å². The number of hydrogen-bond acceptors (Lipinski definition) is 7. The van der Waals surface area contributed by atoms with Crippen LogP contribution in [0.15, 0.2) is 78.1 Å². The van der Waals surface area contributed by atoms with Crippen LogP contribution < -0.4 is 9.88 Å². The SMILES string of the molecule is Cc1cc([C@H](C)Oc2ccccc2S(N)(=O)=O)c2cc(-c3ccc(-c4cnn(C)c4)nc3)c(C#N)nc2c1. The molecule has 9 nitrogen and oxygen atoms in total. The maximum atomic E-state index is 12.1. The van der Waals surface area contributed by atoms with Crippen LogP contribution in [0.3, 0.4) is 0 Å². The zero-order chi connectivity index (χ0) is 27.0. The summed E-state index contributed by atoms with van der Waals surface area (Å²) in [5, 5.41) is 20.2. The Morgan fingerprint density at radius 3 is 2.53 bits per heavy atom. The Bertz CT molecular complexity index is 1820. The first-order valence-electron chi connectivity index (χ1n) is 11.7. The first kappa shape index (κ1) is 25.1. The minimum Gasteiger partial charge on any atom is -0.485 e. The molecule has 0 radical (unpaired) electrons. The van der Waals surface area contributed by atoms with Crippen LogP contribution in [0.25, 0.3) is 33.3 Å². The van der Waals surface area contributed by atoms with Crippen LogP contribution in [0.2, 0.25) is 0 Å². The Kier molecular flexibility index (Phi) is 6.40. The number of nitrogens with two attached hydrogens (primary N) is 1. The van der Waals surface area contributed by atoms with Gasteiger partial charge in [0.1, 0.15) is 28.5 Å². The summed E-state index contributed by atoms with van der Waals surface area (Å²) in [6, 6.07) is 18.0. The van der Waals surface area contributed by atoms with Crippen molar-refractivity contribution >= 4 is 20.9 Å². The summed E-state index contributed by atoms with van der Waals surface area (Å²) in [4.78, 5) is 9.13. The van der Waals surface area contributed by atoms with Gasteiger partial charge in [0.2, 0.25) is 10.0 Å². The molecule has 3 heterocycles. The fourth-order valence-electron chi connectivity index (χ4n) is 4.40. The molecule has 0 spiro atoms. The summed E-state index contributed by atoms with van der Waals surface area (Å²) in [5.74, 6) is 0.161. The van der Waals surface area contributed by atoms with Crippen molar-refractivity contribution in [3.05, 3.63) is 90.0 Å². The second-order valence-electron chi connectivity index (χ2n) is 9.00. The van der Waals surface area contributed by atoms with Gasteiger partial charge in [-0.2, -0.15) is 10.4 Å². The van der Waals surface area contributed by atoms with Crippen LogP contribution in [0.1, 0.15) is 29.8 Å². The Labute approximate surface area is 220 Å². The van der Waals surface area contributed by atoms with Gasteiger partial charge in [0.15, 0.2) is 0 Å². The maximum Gasteiger partial charge on any atom is 0.241 e. The lowest BCUT2D eigenvalue weighted by atomic mass is 9.96. The summed E-state index contributed by atoms with van der Waals surface area (Å²) >= 11 is 0. The largest absolute Gasteiger partial charge is 0.485 e. The van der Waals surface area contributed by atoms with E-state index in [-0.39, 0.29) is 16.3 Å². The number of benzene rings is 2. The lowest BCUT2D eigenvalue weighted by Gasteiger charge is -2.20. The van der Waals surface area contributed by atoms with Gasteiger partial charge in [-0.3, -0.25) is 9.67 Å². The van der Waals surface area contributed by atoms with Gasteiger partial charge in [0.05, 0.1) is 17.4 Å². The van der Waals surface area contributed by atoms with Crippen LogP contribution >= 0.6 is 0 Å². The number of aromatic nitrogens is 4. The molecule has 2 N–H and O–H groups in total. The molecule has 0 amide bonds. The Morgan fingerprint density at radius 1 is 1.08 bits per heavy atom. The predicted molar refractivity (Wildman–Crippen MR) is 143 cm³/mol. The summed E-state index contributed by atoms with van der Waals surface area (Å²) in [7, 11) is -2.13. The molecule has 0 unspecified atom stereocenters. The highest BCUT2D eigenvalue weighted by atomic mass is 32.2. The number of hydrogen-bond donors (Lipinski definition) is 1. The van der Waals surface area contributed by atoms with E-state index < -0.39 is 16.1 Å². The van der Waals surface area contributed by atoms with Crippen molar-refractivity contribution in [1.29, 1.82) is 5.26 Å². The number of ether oxygens (including phenoxy) is 1. The molecule has 0 bridgehead atoms. The fraction of sp³-hybridized carbons (Fsp3) is 0.143. The molecule has 5 aromatic rings. The Morgan fingerprint density at radius 2 is 1.87 bits per heavy atom. The number of nitriles is 1. The quantitative estimate of drug-likeness (QED) is 0.341. The molecule has 1 atom stereocenters. The van der Waals surface area contributed by atoms with Gasteiger partial charge in [-0.05, 0) is 49.7 Å². The van der Waals surface area contributed by atoms with E-state index in [4.69, 9.17) is 9.88 Å². The molecular weight excluding hydrogens is 500 g/mol. The number of primary sulfonamides is 1. The molecule has 2 aromatic carbocycles. The van der Waals surface area contributed by atoms with Gasteiger partial charge < -0.3 is 4.74 Å². The lowest BCUT2D eigenvalue weighted by Crippen LogP contribution is -2.15. The predicted octanol–water partition coefficient (Wildman–Crippen LogP) is 4.66. The highest BCUT2D eigenvalue weighted by Gasteiger charge is 2.20. The number of pyridine rings is 2. The van der Waals surface area contributed by atoms with E-state index in [2.05, 4.69) is 21.1 Å². The third-order valence-corrected chi connectivity index (χ3v) is 7.14. The molecule has 3 aromatic heterocycles. The third-order valence-electron chi connectivity index (χ3n) is 6.19. The van der Waals surface area contributed by atoms with Gasteiger partial charge in [0, 0.05) is 47.1 Å². The fourth-order valence-corrected chi connectivity index (χ4v) is 5.07. The van der Waals surface area contributed by atoms with Crippen molar-refractivity contribution < 1.29 is 13.2 Å². The standard InChI is InChI=1S/C28H24N6O3S/c1-17-10-21(18(2)37-27-6-4-5-7-28(27)38(30,35)36)23-12-22(26(13-29)33-25(23)11-17)19-8-9-24(31-14-19)20-15-32-34(3)16-20/h4-12,14-16,18H,1-3H3,(H2,30,35,36)/t18-/m0/s1. The smallest absolute Gasteiger partial charge is 0.241 e. The molecule has 190 valence electrons. The van der Waals surface area contributed by atoms with E-state index in [1.165, 1.54) is 6.07 Å². The molecule has 38 heavy (non-hydrogen) atoms. The number of rotatable bonds is 6. The van der Waals surface area contributed by atoms with Crippen LogP contribution in [0.4, 0.5) is 0 Å². The maximum absolute atomic E-state index is 12.1. The highest BCUT2D eigenvalue weighted by Crippen LogP contribution is 2.35. The van der Waals surface area contributed by atoms with E-state index in [0.29, 0.717) is 11.1 Å². The van der Waals surface area contributed by atoms with Gasteiger partial charge in [-0.1, -0.05) is 24.3 Å². The molecule has 0 aliphatic carbocycles. The van der Waals surface area contributed by atoms with E-state index >= 15 is 0 Å². The van der Waals surface area contributed by atoms with Crippen LogP contribution in [-0.2, 0) is 17.1 Å². The van der Waals surface area contributed by atoms with E-state index in [9.17, 15) is 13.7 Å². The van der Waals surface area contributed by atoms with Gasteiger partial charge in [-0.25, -0.2) is 18.5 Å². The van der Waals surface area contributed by atoms with Gasteiger partial charge in [0.25, 0.3) is 0 Å². The summed E-state index contributed by atoms with van der Waals surface area (Å²) in [5.41, 5.74) is 5.65. The van der Waals surface area contributed by atoms with E-state index in [1.807, 2.05) is 57.4 Å². The average molecular weight is 525 g/mol. The van der Waals surface area contributed by atoms with E-state index in [1.54, 1.807) is 35.3 Å². The van der Waals surface area contributed by atoms with E-state index in [0.717, 1.165) is 33.3 Å². The van der Waals surface area contributed by atoms with Crippen molar-refractivity contribution in [1.82, 2.24) is 19.7 Å². The zero-order valence-corrected chi connectivity index (χ0v) is 21.8. The van der Waals surface area contributed by atoms with Gasteiger partial charge in [-0.15, -0.1) is 0 Å². The number of nitrogens with zero attached hydrogens (tertiary/aromatic N) is 5. The number of sulfonamides is 1. The number of fused-ring (bicyclic) bond motifs is 1. The average Bonchev–Trinajstić information content (AvgIpc) is 3.33. The van der Waals surface area contributed by atoms with Crippen molar-refractivity contribution in [2.75, 3.05) is 0 Å². The normalized spacial score (nSPS) is 12.3. The first-order chi connectivity index (χ1) is 18.1. The summed E-state index contributed by atoms with van der Waals surface area (Å²) in [6.07, 6.45) is 4.78. The molecule has 0 saturated carbocycles. The van der Waals surface area contributed by atoms with Crippen LogP contribution in [-0.4, -0.2) is 28.2 Å². The molecule has 0 fully saturated rings. The Hall–Kier alpha value is -4.59.